The molecule has 0 unspecified atom stereocenters. The highest BCUT2D eigenvalue weighted by molar-refractivity contribution is 5.59. The highest BCUT2D eigenvalue weighted by atomic mass is 16.5. The summed E-state index contributed by atoms with van der Waals surface area (Å²) >= 11 is 0. The number of hydrogen-bond acceptors (Lipinski definition) is 3. The average Bonchev–Trinajstić information content (AvgIpc) is 2.75. The van der Waals surface area contributed by atoms with Gasteiger partial charge in [-0.25, -0.2) is 0 Å². The Morgan fingerprint density at radius 1 is 1.35 bits per heavy atom. The van der Waals surface area contributed by atoms with Crippen LogP contribution in [0.5, 0.6) is 5.75 Å². The molecular formula is C14H20N2O. The fourth-order valence-electron chi connectivity index (χ4n) is 2.90. The van der Waals surface area contributed by atoms with Crippen LogP contribution < -0.4 is 15.0 Å². The molecule has 0 radical (unpaired) electrons. The lowest BCUT2D eigenvalue weighted by Crippen LogP contribution is -2.54. The third-order valence-electron chi connectivity index (χ3n) is 3.94. The lowest BCUT2D eigenvalue weighted by molar-refractivity contribution is 0.199. The van der Waals surface area contributed by atoms with Crippen LogP contribution in [0.1, 0.15) is 13.3 Å². The number of nitrogens with zero attached hydrogens (tertiary/aromatic N) is 1. The van der Waals surface area contributed by atoms with E-state index in [1.165, 1.54) is 31.7 Å². The van der Waals surface area contributed by atoms with E-state index in [2.05, 4.69) is 28.4 Å². The number of hydrogen-bond donors (Lipinski definition) is 1. The Bertz CT molecular complexity index is 401. The molecule has 92 valence electrons. The van der Waals surface area contributed by atoms with E-state index in [4.69, 9.17) is 4.74 Å². The predicted molar refractivity (Wildman–Crippen MR) is 69.7 cm³/mol. The van der Waals surface area contributed by atoms with Gasteiger partial charge in [-0.2, -0.15) is 0 Å². The predicted octanol–water partition coefficient (Wildman–Crippen LogP) is 1.89. The number of rotatable bonds is 3. The minimum atomic E-state index is 0.541. The van der Waals surface area contributed by atoms with E-state index in [-0.39, 0.29) is 0 Å². The first-order valence-corrected chi connectivity index (χ1v) is 6.50. The van der Waals surface area contributed by atoms with Gasteiger partial charge in [0.2, 0.25) is 0 Å². The van der Waals surface area contributed by atoms with Gasteiger partial charge in [0.15, 0.2) is 0 Å². The molecule has 0 atom stereocenters. The fourth-order valence-corrected chi connectivity index (χ4v) is 2.90. The topological polar surface area (TPSA) is 24.5 Å². The Hall–Kier alpha value is -1.22. The van der Waals surface area contributed by atoms with Gasteiger partial charge in [-0.15, -0.1) is 0 Å². The summed E-state index contributed by atoms with van der Waals surface area (Å²) in [7, 11) is 0. The first-order chi connectivity index (χ1) is 8.33. The van der Waals surface area contributed by atoms with Crippen molar-refractivity contribution in [1.82, 2.24) is 5.32 Å². The number of para-hydroxylation sites is 2. The highest BCUT2D eigenvalue weighted by Crippen LogP contribution is 2.39. The molecule has 17 heavy (non-hydrogen) atoms. The summed E-state index contributed by atoms with van der Waals surface area (Å²) in [4.78, 5) is 2.48. The van der Waals surface area contributed by atoms with Gasteiger partial charge in [0, 0.05) is 31.6 Å². The lowest BCUT2D eigenvalue weighted by Gasteiger charge is -2.39. The Labute approximate surface area is 103 Å². The number of anilines is 1. The van der Waals surface area contributed by atoms with Gasteiger partial charge in [-0.05, 0) is 25.5 Å². The van der Waals surface area contributed by atoms with E-state index in [1.54, 1.807) is 0 Å². The Kier molecular flexibility index (Phi) is 2.71. The molecule has 2 fully saturated rings. The van der Waals surface area contributed by atoms with Gasteiger partial charge in [-0.3, -0.25) is 0 Å². The molecule has 1 aromatic rings. The summed E-state index contributed by atoms with van der Waals surface area (Å²) < 4.78 is 5.71. The SMILES string of the molecule is CCOc1ccccc1N1CCC2(CNC2)C1. The molecule has 3 nitrogen and oxygen atoms in total. The third-order valence-corrected chi connectivity index (χ3v) is 3.94. The number of benzene rings is 1. The van der Waals surface area contributed by atoms with Crippen LogP contribution in [0.4, 0.5) is 5.69 Å². The molecule has 0 aliphatic carbocycles. The van der Waals surface area contributed by atoms with E-state index in [0.29, 0.717) is 5.41 Å². The summed E-state index contributed by atoms with van der Waals surface area (Å²) in [6.45, 7) is 7.46. The largest absolute Gasteiger partial charge is 0.492 e. The van der Waals surface area contributed by atoms with Gasteiger partial charge in [0.05, 0.1) is 12.3 Å². The van der Waals surface area contributed by atoms with Crippen molar-refractivity contribution in [3.8, 4) is 5.75 Å². The van der Waals surface area contributed by atoms with Crippen molar-refractivity contribution in [2.75, 3.05) is 37.7 Å². The maximum atomic E-state index is 5.71. The minimum absolute atomic E-state index is 0.541. The molecule has 2 saturated heterocycles. The van der Waals surface area contributed by atoms with E-state index in [9.17, 15) is 0 Å². The molecule has 0 amide bonds. The third kappa shape index (κ3) is 1.89. The zero-order valence-corrected chi connectivity index (χ0v) is 10.4. The molecule has 0 aromatic heterocycles. The fraction of sp³-hybridized carbons (Fsp3) is 0.571. The summed E-state index contributed by atoms with van der Waals surface area (Å²) in [6, 6.07) is 8.39. The van der Waals surface area contributed by atoms with Crippen molar-refractivity contribution in [3.63, 3.8) is 0 Å². The molecule has 2 heterocycles. The van der Waals surface area contributed by atoms with Crippen LogP contribution in [-0.4, -0.2) is 32.8 Å². The first kappa shape index (κ1) is 10.9. The standard InChI is InChI=1S/C14H20N2O/c1-2-17-13-6-4-3-5-12(13)16-8-7-14(11-16)9-15-10-14/h3-6,15H,2,7-11H2,1H3. The number of ether oxygens (including phenoxy) is 1. The maximum absolute atomic E-state index is 5.71. The van der Waals surface area contributed by atoms with E-state index >= 15 is 0 Å². The van der Waals surface area contributed by atoms with Gasteiger partial charge < -0.3 is 15.0 Å². The van der Waals surface area contributed by atoms with Crippen LogP contribution in [0.2, 0.25) is 0 Å². The molecule has 1 spiro atoms. The normalized spacial score (nSPS) is 21.6. The summed E-state index contributed by atoms with van der Waals surface area (Å²) in [5.41, 5.74) is 1.80. The molecule has 0 saturated carbocycles. The number of nitrogens with one attached hydrogen (secondary N) is 1. The lowest BCUT2D eigenvalue weighted by atomic mass is 9.81. The summed E-state index contributed by atoms with van der Waals surface area (Å²) in [5.74, 6) is 1.03. The van der Waals surface area contributed by atoms with Crippen molar-refractivity contribution < 1.29 is 4.74 Å². The van der Waals surface area contributed by atoms with Crippen molar-refractivity contribution >= 4 is 5.69 Å². The van der Waals surface area contributed by atoms with Crippen LogP contribution in [0, 0.1) is 5.41 Å². The molecule has 0 bridgehead atoms. The second-order valence-corrected chi connectivity index (χ2v) is 5.18. The monoisotopic (exact) mass is 232 g/mol. The molecule has 2 aliphatic rings. The Morgan fingerprint density at radius 3 is 2.82 bits per heavy atom. The van der Waals surface area contributed by atoms with Gasteiger partial charge in [0.25, 0.3) is 0 Å². The minimum Gasteiger partial charge on any atom is -0.492 e. The highest BCUT2D eigenvalue weighted by Gasteiger charge is 2.43. The Morgan fingerprint density at radius 2 is 2.18 bits per heavy atom. The first-order valence-electron chi connectivity index (χ1n) is 6.50. The molecule has 1 N–H and O–H groups in total. The molecule has 3 heteroatoms. The van der Waals surface area contributed by atoms with Crippen molar-refractivity contribution in [2.24, 2.45) is 5.41 Å². The molecule has 3 rings (SSSR count). The second-order valence-electron chi connectivity index (χ2n) is 5.18. The maximum Gasteiger partial charge on any atom is 0.142 e. The quantitative estimate of drug-likeness (QED) is 0.861. The van der Waals surface area contributed by atoms with Gasteiger partial charge >= 0.3 is 0 Å². The van der Waals surface area contributed by atoms with Gasteiger partial charge in [0.1, 0.15) is 5.75 Å². The van der Waals surface area contributed by atoms with Crippen LogP contribution >= 0.6 is 0 Å². The smallest absolute Gasteiger partial charge is 0.142 e. The van der Waals surface area contributed by atoms with Crippen molar-refractivity contribution in [2.45, 2.75) is 13.3 Å². The van der Waals surface area contributed by atoms with Crippen LogP contribution in [0.15, 0.2) is 24.3 Å². The van der Waals surface area contributed by atoms with E-state index in [1.807, 2.05) is 13.0 Å². The van der Waals surface area contributed by atoms with Gasteiger partial charge in [-0.1, -0.05) is 12.1 Å². The molecular weight excluding hydrogens is 212 g/mol. The summed E-state index contributed by atoms with van der Waals surface area (Å²) in [6.07, 6.45) is 1.31. The zero-order chi connectivity index (χ0) is 11.7. The average molecular weight is 232 g/mol. The van der Waals surface area contributed by atoms with Crippen LogP contribution in [0.25, 0.3) is 0 Å². The van der Waals surface area contributed by atoms with E-state index < -0.39 is 0 Å². The second kappa shape index (κ2) is 4.22. The van der Waals surface area contributed by atoms with E-state index in [0.717, 1.165) is 18.9 Å². The van der Waals surface area contributed by atoms with Crippen molar-refractivity contribution in [1.29, 1.82) is 0 Å². The molecule has 2 aliphatic heterocycles. The van der Waals surface area contributed by atoms with Crippen molar-refractivity contribution in [3.05, 3.63) is 24.3 Å². The summed E-state index contributed by atoms with van der Waals surface area (Å²) in [5, 5.41) is 3.40. The van der Waals surface area contributed by atoms with Crippen LogP contribution in [-0.2, 0) is 0 Å². The zero-order valence-electron chi connectivity index (χ0n) is 10.4. The molecule has 1 aromatic carbocycles. The Balaban J connectivity index is 1.80. The van der Waals surface area contributed by atoms with Crippen LogP contribution in [0.3, 0.4) is 0 Å².